The molecule has 0 spiro atoms. The Balaban J connectivity index is 2.55. The minimum Gasteiger partial charge on any atom is -0.387 e. The first-order chi connectivity index (χ1) is 6.50. The molecule has 0 saturated carbocycles. The van der Waals surface area contributed by atoms with Gasteiger partial charge in [0.1, 0.15) is 0 Å². The number of amidine groups is 1. The number of amides is 1. The minimum absolute atomic E-state index is 0.195. The molecule has 1 atom stereocenters. The summed E-state index contributed by atoms with van der Waals surface area (Å²) in [5.74, 6) is 1.19. The van der Waals surface area contributed by atoms with Gasteiger partial charge in [0, 0.05) is 25.9 Å². The first-order valence-corrected chi connectivity index (χ1v) is 5.08. The third-order valence-corrected chi connectivity index (χ3v) is 2.52. The van der Waals surface area contributed by atoms with Gasteiger partial charge in [-0.15, -0.1) is 0 Å². The summed E-state index contributed by atoms with van der Waals surface area (Å²) in [6.45, 7) is 4.75. The van der Waals surface area contributed by atoms with Crippen LogP contribution < -0.4 is 5.73 Å². The summed E-state index contributed by atoms with van der Waals surface area (Å²) >= 11 is 0. The maximum absolute atomic E-state index is 11.2. The summed E-state index contributed by atoms with van der Waals surface area (Å²) in [7, 11) is 1.82. The van der Waals surface area contributed by atoms with E-state index in [0.29, 0.717) is 18.8 Å². The van der Waals surface area contributed by atoms with Gasteiger partial charge in [-0.3, -0.25) is 9.79 Å². The van der Waals surface area contributed by atoms with E-state index >= 15 is 0 Å². The Morgan fingerprint density at radius 1 is 1.64 bits per heavy atom. The number of likely N-dealkylation sites (tertiary alicyclic amines) is 1. The number of carbonyl (C=O) groups is 1. The van der Waals surface area contributed by atoms with Crippen molar-refractivity contribution in [2.24, 2.45) is 16.6 Å². The van der Waals surface area contributed by atoms with Gasteiger partial charge in [-0.05, 0) is 6.42 Å². The lowest BCUT2D eigenvalue weighted by atomic mass is 10.1. The standard InChI is InChI=1S/C10H19N3O/c1-7(2)10(11)12-8-4-5-9(14)13(3)6-8/h7-8H,4-6H2,1-3H3,(H2,11,12). The number of aliphatic imine (C=N–C) groups is 1. The molecule has 4 heteroatoms. The van der Waals surface area contributed by atoms with Crippen LogP contribution in [0.3, 0.4) is 0 Å². The zero-order chi connectivity index (χ0) is 10.7. The Morgan fingerprint density at radius 3 is 2.79 bits per heavy atom. The zero-order valence-electron chi connectivity index (χ0n) is 9.16. The van der Waals surface area contributed by atoms with E-state index in [0.717, 1.165) is 6.42 Å². The molecule has 1 saturated heterocycles. The van der Waals surface area contributed by atoms with E-state index < -0.39 is 0 Å². The number of nitrogens with two attached hydrogens (primary N) is 1. The summed E-state index contributed by atoms with van der Waals surface area (Å²) in [5.41, 5.74) is 5.77. The fourth-order valence-electron chi connectivity index (χ4n) is 1.46. The molecule has 1 unspecified atom stereocenters. The van der Waals surface area contributed by atoms with Gasteiger partial charge in [-0.1, -0.05) is 13.8 Å². The molecule has 0 aromatic heterocycles. The van der Waals surface area contributed by atoms with Gasteiger partial charge in [-0.2, -0.15) is 0 Å². The first-order valence-electron chi connectivity index (χ1n) is 5.08. The van der Waals surface area contributed by atoms with Crippen molar-refractivity contribution in [1.82, 2.24) is 4.90 Å². The number of carbonyl (C=O) groups excluding carboxylic acids is 1. The summed E-state index contributed by atoms with van der Waals surface area (Å²) in [6.07, 6.45) is 1.42. The molecule has 14 heavy (non-hydrogen) atoms. The average molecular weight is 197 g/mol. The van der Waals surface area contributed by atoms with Crippen molar-refractivity contribution in [2.75, 3.05) is 13.6 Å². The molecule has 0 aliphatic carbocycles. The summed E-state index contributed by atoms with van der Waals surface area (Å²) in [4.78, 5) is 17.4. The topological polar surface area (TPSA) is 58.7 Å². The van der Waals surface area contributed by atoms with Crippen LogP contribution in [0, 0.1) is 5.92 Å². The van der Waals surface area contributed by atoms with Crippen molar-refractivity contribution in [3.8, 4) is 0 Å². The van der Waals surface area contributed by atoms with Crippen LogP contribution in [-0.2, 0) is 4.79 Å². The lowest BCUT2D eigenvalue weighted by molar-refractivity contribution is -0.132. The van der Waals surface area contributed by atoms with E-state index in [2.05, 4.69) is 4.99 Å². The Hall–Kier alpha value is -1.06. The fourth-order valence-corrected chi connectivity index (χ4v) is 1.46. The quantitative estimate of drug-likeness (QED) is 0.521. The lowest BCUT2D eigenvalue weighted by Gasteiger charge is -2.27. The molecule has 4 nitrogen and oxygen atoms in total. The molecule has 0 radical (unpaired) electrons. The molecule has 0 aromatic carbocycles. The molecule has 1 aliphatic heterocycles. The van der Waals surface area contributed by atoms with E-state index in [1.165, 1.54) is 0 Å². The van der Waals surface area contributed by atoms with E-state index in [9.17, 15) is 4.79 Å². The van der Waals surface area contributed by atoms with E-state index in [1.54, 1.807) is 4.90 Å². The van der Waals surface area contributed by atoms with Gasteiger partial charge in [0.25, 0.3) is 0 Å². The number of hydrogen-bond donors (Lipinski definition) is 1. The highest BCUT2D eigenvalue weighted by atomic mass is 16.2. The molecular weight excluding hydrogens is 178 g/mol. The van der Waals surface area contributed by atoms with Gasteiger partial charge in [0.05, 0.1) is 11.9 Å². The maximum atomic E-state index is 11.2. The lowest BCUT2D eigenvalue weighted by Crippen LogP contribution is -2.40. The summed E-state index contributed by atoms with van der Waals surface area (Å²) in [6, 6.07) is 0.195. The molecular formula is C10H19N3O. The second-order valence-electron chi connectivity index (χ2n) is 4.18. The number of piperidine rings is 1. The van der Waals surface area contributed by atoms with Gasteiger partial charge in [0.15, 0.2) is 0 Å². The van der Waals surface area contributed by atoms with Crippen LogP contribution in [-0.4, -0.2) is 36.3 Å². The van der Waals surface area contributed by atoms with E-state index in [-0.39, 0.29) is 17.9 Å². The Morgan fingerprint density at radius 2 is 2.29 bits per heavy atom. The predicted molar refractivity (Wildman–Crippen MR) is 57.1 cm³/mol. The minimum atomic E-state index is 0.195. The average Bonchev–Trinajstić information content (AvgIpc) is 2.11. The van der Waals surface area contributed by atoms with Crippen molar-refractivity contribution < 1.29 is 4.79 Å². The normalized spacial score (nSPS) is 24.6. The SMILES string of the molecule is CC(C)C(N)=NC1CCC(=O)N(C)C1. The van der Waals surface area contributed by atoms with E-state index in [4.69, 9.17) is 5.73 Å². The molecule has 1 heterocycles. The summed E-state index contributed by atoms with van der Waals surface area (Å²) in [5, 5.41) is 0. The first kappa shape index (κ1) is 11.0. The molecule has 1 fully saturated rings. The third kappa shape index (κ3) is 2.72. The summed E-state index contributed by atoms with van der Waals surface area (Å²) < 4.78 is 0. The van der Waals surface area contributed by atoms with Crippen molar-refractivity contribution in [1.29, 1.82) is 0 Å². The number of likely N-dealkylation sites (N-methyl/N-ethyl adjacent to an activating group) is 1. The van der Waals surface area contributed by atoms with Crippen LogP contribution in [0.25, 0.3) is 0 Å². The number of hydrogen-bond acceptors (Lipinski definition) is 2. The highest BCUT2D eigenvalue weighted by molar-refractivity contribution is 5.82. The van der Waals surface area contributed by atoms with Crippen LogP contribution in [0.1, 0.15) is 26.7 Å². The second-order valence-corrected chi connectivity index (χ2v) is 4.18. The van der Waals surface area contributed by atoms with Crippen LogP contribution in [0.15, 0.2) is 4.99 Å². The van der Waals surface area contributed by atoms with Crippen LogP contribution >= 0.6 is 0 Å². The van der Waals surface area contributed by atoms with Gasteiger partial charge in [0.2, 0.25) is 5.91 Å². The van der Waals surface area contributed by atoms with Crippen molar-refractivity contribution in [2.45, 2.75) is 32.7 Å². The van der Waals surface area contributed by atoms with E-state index in [1.807, 2.05) is 20.9 Å². The Kier molecular flexibility index (Phi) is 3.49. The highest BCUT2D eigenvalue weighted by Crippen LogP contribution is 2.13. The van der Waals surface area contributed by atoms with Gasteiger partial charge in [-0.25, -0.2) is 0 Å². The highest BCUT2D eigenvalue weighted by Gasteiger charge is 2.22. The monoisotopic (exact) mass is 197 g/mol. The van der Waals surface area contributed by atoms with Crippen molar-refractivity contribution in [3.05, 3.63) is 0 Å². The van der Waals surface area contributed by atoms with Crippen LogP contribution in [0.4, 0.5) is 0 Å². The number of nitrogens with zero attached hydrogens (tertiary/aromatic N) is 2. The molecule has 2 N–H and O–H groups in total. The molecule has 80 valence electrons. The largest absolute Gasteiger partial charge is 0.387 e. The maximum Gasteiger partial charge on any atom is 0.222 e. The van der Waals surface area contributed by atoms with Crippen LogP contribution in [0.5, 0.6) is 0 Å². The molecule has 0 aromatic rings. The van der Waals surface area contributed by atoms with Crippen molar-refractivity contribution in [3.63, 3.8) is 0 Å². The zero-order valence-corrected chi connectivity index (χ0v) is 9.16. The van der Waals surface area contributed by atoms with Crippen LogP contribution in [0.2, 0.25) is 0 Å². The van der Waals surface area contributed by atoms with Gasteiger partial charge < -0.3 is 10.6 Å². The fraction of sp³-hybridized carbons (Fsp3) is 0.800. The molecule has 1 amide bonds. The predicted octanol–water partition coefficient (Wildman–Crippen LogP) is 0.620. The number of rotatable bonds is 2. The molecule has 0 bridgehead atoms. The molecule has 1 aliphatic rings. The third-order valence-electron chi connectivity index (χ3n) is 2.52. The van der Waals surface area contributed by atoms with Crippen molar-refractivity contribution >= 4 is 11.7 Å². The van der Waals surface area contributed by atoms with Gasteiger partial charge >= 0.3 is 0 Å². The second kappa shape index (κ2) is 4.44. The smallest absolute Gasteiger partial charge is 0.222 e. The molecule has 1 rings (SSSR count). The Bertz CT molecular complexity index is 248. The Labute approximate surface area is 85.2 Å².